The van der Waals surface area contributed by atoms with E-state index in [2.05, 4.69) is 40.0 Å². The maximum absolute atomic E-state index is 12.7. The number of hydrogen-bond acceptors (Lipinski definition) is 4. The van der Waals surface area contributed by atoms with Crippen LogP contribution in [0.1, 0.15) is 53.8 Å². The van der Waals surface area contributed by atoms with E-state index in [4.69, 9.17) is 4.74 Å². The summed E-state index contributed by atoms with van der Waals surface area (Å²) in [7, 11) is 1.53. The first-order valence-corrected chi connectivity index (χ1v) is 10.4. The molecule has 154 valence electrons. The van der Waals surface area contributed by atoms with E-state index in [0.717, 1.165) is 19.3 Å². The fourth-order valence-electron chi connectivity index (χ4n) is 3.91. The first kappa shape index (κ1) is 21.2. The average Bonchev–Trinajstić information content (AvgIpc) is 2.68. The van der Waals surface area contributed by atoms with Gasteiger partial charge < -0.3 is 20.1 Å². The van der Waals surface area contributed by atoms with Gasteiger partial charge in [-0.15, -0.1) is 0 Å². The van der Waals surface area contributed by atoms with Crippen LogP contribution >= 0.6 is 15.9 Å². The molecule has 2 N–H and O–H groups in total. The number of carboxylic acids is 1. The summed E-state index contributed by atoms with van der Waals surface area (Å²) >= 11 is 3.37. The molecule has 1 aliphatic rings. The number of ether oxygens (including phenoxy) is 1. The number of hydrogen-bond donors (Lipinski definition) is 2. The number of rotatable bonds is 5. The molecule has 0 bridgehead atoms. The zero-order valence-electron chi connectivity index (χ0n) is 16.7. The highest BCUT2D eigenvalue weighted by Gasteiger charge is 2.28. The number of benzene rings is 2. The van der Waals surface area contributed by atoms with Crippen molar-refractivity contribution in [2.24, 2.45) is 0 Å². The van der Waals surface area contributed by atoms with Gasteiger partial charge in [-0.1, -0.05) is 0 Å². The van der Waals surface area contributed by atoms with Gasteiger partial charge in [0.05, 0.1) is 23.9 Å². The van der Waals surface area contributed by atoms with Gasteiger partial charge in [0.1, 0.15) is 5.75 Å². The molecular weight excluding hydrogens is 436 g/mol. The highest BCUT2D eigenvalue weighted by molar-refractivity contribution is 9.10. The highest BCUT2D eigenvalue weighted by atomic mass is 79.9. The predicted molar refractivity (Wildman–Crippen MR) is 117 cm³/mol. The normalized spacial score (nSPS) is 19.0. The minimum atomic E-state index is -1.01. The first-order chi connectivity index (χ1) is 13.8. The van der Waals surface area contributed by atoms with Crippen molar-refractivity contribution in [1.29, 1.82) is 0 Å². The van der Waals surface area contributed by atoms with E-state index in [1.807, 2.05) is 0 Å². The van der Waals surface area contributed by atoms with Crippen LogP contribution in [0, 0.1) is 0 Å². The third-order valence-corrected chi connectivity index (χ3v) is 6.07. The SMILES string of the molecule is COc1ccc(Br)c(C(=O)Nc2ccc(N3[C@@H](C)CCC[C@@H]3C)c(C(=O)O)c2)c1. The van der Waals surface area contributed by atoms with Crippen LogP contribution in [-0.4, -0.2) is 36.2 Å². The summed E-state index contributed by atoms with van der Waals surface area (Å²) in [6.45, 7) is 4.24. The summed E-state index contributed by atoms with van der Waals surface area (Å²) in [5, 5.41) is 12.6. The summed E-state index contributed by atoms with van der Waals surface area (Å²) in [6, 6.07) is 10.7. The summed E-state index contributed by atoms with van der Waals surface area (Å²) in [5.41, 5.74) is 1.72. The maximum Gasteiger partial charge on any atom is 0.337 e. The Labute approximate surface area is 179 Å². The van der Waals surface area contributed by atoms with Crippen molar-refractivity contribution in [3.8, 4) is 5.75 Å². The summed E-state index contributed by atoms with van der Waals surface area (Å²) < 4.78 is 5.81. The monoisotopic (exact) mass is 460 g/mol. The van der Waals surface area contributed by atoms with E-state index in [1.165, 1.54) is 13.2 Å². The third kappa shape index (κ3) is 4.56. The fraction of sp³-hybridized carbons (Fsp3) is 0.364. The molecule has 0 saturated carbocycles. The van der Waals surface area contributed by atoms with Gasteiger partial charge in [-0.05, 0) is 85.4 Å². The fourth-order valence-corrected chi connectivity index (χ4v) is 4.34. The van der Waals surface area contributed by atoms with Gasteiger partial charge >= 0.3 is 5.97 Å². The second kappa shape index (κ2) is 8.86. The molecule has 1 heterocycles. The molecule has 3 rings (SSSR count). The molecule has 1 saturated heterocycles. The lowest BCUT2D eigenvalue weighted by Crippen LogP contribution is -2.44. The van der Waals surface area contributed by atoms with Gasteiger partial charge in [0.15, 0.2) is 0 Å². The standard InChI is InChI=1S/C22H25BrN2O4/c1-13-5-4-6-14(2)25(13)20-10-7-15(11-18(20)22(27)28)24-21(26)17-12-16(29-3)8-9-19(17)23/h7-14H,4-6H2,1-3H3,(H,24,26)(H,27,28)/t13-,14-/m0/s1. The minimum Gasteiger partial charge on any atom is -0.497 e. The molecule has 1 amide bonds. The molecule has 6 nitrogen and oxygen atoms in total. The number of carboxylic acid groups (broad SMARTS) is 1. The molecule has 1 fully saturated rings. The molecule has 2 aromatic rings. The Bertz CT molecular complexity index is 921. The van der Waals surface area contributed by atoms with E-state index in [1.54, 1.807) is 30.3 Å². The molecule has 2 aromatic carbocycles. The molecule has 0 spiro atoms. The smallest absolute Gasteiger partial charge is 0.337 e. The van der Waals surface area contributed by atoms with Crippen LogP contribution in [0.4, 0.5) is 11.4 Å². The number of methoxy groups -OCH3 is 1. The van der Waals surface area contributed by atoms with Crippen molar-refractivity contribution in [1.82, 2.24) is 0 Å². The van der Waals surface area contributed by atoms with Crippen molar-refractivity contribution in [2.45, 2.75) is 45.2 Å². The number of aromatic carboxylic acids is 1. The Balaban J connectivity index is 1.91. The molecule has 0 radical (unpaired) electrons. The summed E-state index contributed by atoms with van der Waals surface area (Å²) in [6.07, 6.45) is 3.21. The van der Waals surface area contributed by atoms with E-state index in [9.17, 15) is 14.7 Å². The van der Waals surface area contributed by atoms with E-state index in [0.29, 0.717) is 27.2 Å². The molecule has 7 heteroatoms. The van der Waals surface area contributed by atoms with Crippen LogP contribution in [0.5, 0.6) is 5.75 Å². The number of carbonyl (C=O) groups excluding carboxylic acids is 1. The third-order valence-electron chi connectivity index (χ3n) is 5.37. The first-order valence-electron chi connectivity index (χ1n) is 9.62. The van der Waals surface area contributed by atoms with Crippen molar-refractivity contribution >= 4 is 39.2 Å². The Morgan fingerprint density at radius 3 is 2.41 bits per heavy atom. The highest BCUT2D eigenvalue weighted by Crippen LogP contribution is 2.33. The van der Waals surface area contributed by atoms with Crippen molar-refractivity contribution in [3.63, 3.8) is 0 Å². The van der Waals surface area contributed by atoms with Crippen molar-refractivity contribution < 1.29 is 19.4 Å². The molecular formula is C22H25BrN2O4. The van der Waals surface area contributed by atoms with E-state index < -0.39 is 5.97 Å². The summed E-state index contributed by atoms with van der Waals surface area (Å²) in [5.74, 6) is -0.795. The van der Waals surface area contributed by atoms with Gasteiger partial charge in [-0.3, -0.25) is 4.79 Å². The Kier molecular flexibility index (Phi) is 6.47. The molecule has 0 aliphatic carbocycles. The Hall–Kier alpha value is -2.54. The van der Waals surface area contributed by atoms with Gasteiger partial charge in [0.2, 0.25) is 0 Å². The predicted octanol–water partition coefficient (Wildman–Crippen LogP) is 5.18. The van der Waals surface area contributed by atoms with Crippen LogP contribution in [0.15, 0.2) is 40.9 Å². The van der Waals surface area contributed by atoms with Crippen LogP contribution in [-0.2, 0) is 0 Å². The van der Waals surface area contributed by atoms with Gasteiger partial charge in [-0.25, -0.2) is 4.79 Å². The van der Waals surface area contributed by atoms with Gasteiger partial charge in [0.25, 0.3) is 5.91 Å². The van der Waals surface area contributed by atoms with E-state index >= 15 is 0 Å². The summed E-state index contributed by atoms with van der Waals surface area (Å²) in [4.78, 5) is 26.9. The topological polar surface area (TPSA) is 78.9 Å². The number of amides is 1. The lowest BCUT2D eigenvalue weighted by Gasteiger charge is -2.41. The number of anilines is 2. The maximum atomic E-state index is 12.7. The number of nitrogens with one attached hydrogen (secondary N) is 1. The average molecular weight is 461 g/mol. The second-order valence-electron chi connectivity index (χ2n) is 7.37. The number of nitrogens with zero attached hydrogens (tertiary/aromatic N) is 1. The van der Waals surface area contributed by atoms with E-state index in [-0.39, 0.29) is 23.6 Å². The molecule has 0 unspecified atom stereocenters. The molecule has 29 heavy (non-hydrogen) atoms. The number of halogens is 1. The molecule has 1 aliphatic heterocycles. The second-order valence-corrected chi connectivity index (χ2v) is 8.23. The quantitative estimate of drug-likeness (QED) is 0.642. The number of carbonyl (C=O) groups is 2. The van der Waals surface area contributed by atoms with Gasteiger partial charge in [-0.2, -0.15) is 0 Å². The lowest BCUT2D eigenvalue weighted by molar-refractivity contribution is 0.0697. The van der Waals surface area contributed by atoms with Crippen molar-refractivity contribution in [3.05, 3.63) is 52.0 Å². The van der Waals surface area contributed by atoms with Crippen LogP contribution in [0.2, 0.25) is 0 Å². The largest absolute Gasteiger partial charge is 0.497 e. The minimum absolute atomic E-state index is 0.188. The zero-order valence-corrected chi connectivity index (χ0v) is 18.3. The van der Waals surface area contributed by atoms with Crippen LogP contribution in [0.3, 0.4) is 0 Å². The molecule has 2 atom stereocenters. The van der Waals surface area contributed by atoms with Crippen LogP contribution in [0.25, 0.3) is 0 Å². The molecule has 0 aromatic heterocycles. The zero-order chi connectivity index (χ0) is 21.1. The Morgan fingerprint density at radius 2 is 1.79 bits per heavy atom. The van der Waals surface area contributed by atoms with Crippen molar-refractivity contribution in [2.75, 3.05) is 17.3 Å². The van der Waals surface area contributed by atoms with Gasteiger partial charge in [0, 0.05) is 22.2 Å². The number of piperidine rings is 1. The Morgan fingerprint density at radius 1 is 1.10 bits per heavy atom. The lowest BCUT2D eigenvalue weighted by atomic mass is 9.95. The van der Waals surface area contributed by atoms with Crippen LogP contribution < -0.4 is 15.0 Å².